The van der Waals surface area contributed by atoms with E-state index < -0.39 is 0 Å². The number of nitrogens with one attached hydrogen (secondary N) is 1. The molecule has 0 atom stereocenters. The molecule has 6 nitrogen and oxygen atoms in total. The van der Waals surface area contributed by atoms with Crippen molar-refractivity contribution in [1.82, 2.24) is 9.55 Å². The highest BCUT2D eigenvalue weighted by Gasteiger charge is 2.17. The standard InChI is InChI=1S/C15H18BrN3O3S/c1-4-22-13(20)6-11-8-23-15(17-11)18-14(21)12-5-10(16)7-19(12)9(2)3/h5,7-9H,4,6H2,1-3H3,(H,17,18,21). The Kier molecular flexibility index (Phi) is 5.95. The van der Waals surface area contributed by atoms with Crippen molar-refractivity contribution in [3.05, 3.63) is 33.5 Å². The maximum Gasteiger partial charge on any atom is 0.311 e. The van der Waals surface area contributed by atoms with Crippen LogP contribution in [0.3, 0.4) is 0 Å². The van der Waals surface area contributed by atoms with E-state index in [2.05, 4.69) is 26.2 Å². The first-order chi connectivity index (χ1) is 10.9. The zero-order chi connectivity index (χ0) is 17.0. The van der Waals surface area contributed by atoms with Crippen molar-refractivity contribution in [1.29, 1.82) is 0 Å². The average molecular weight is 400 g/mol. The van der Waals surface area contributed by atoms with Gasteiger partial charge in [-0.3, -0.25) is 14.9 Å². The summed E-state index contributed by atoms with van der Waals surface area (Å²) in [5, 5.41) is 4.97. The fourth-order valence-electron chi connectivity index (χ4n) is 2.02. The lowest BCUT2D eigenvalue weighted by Gasteiger charge is -2.11. The van der Waals surface area contributed by atoms with Crippen LogP contribution in [-0.2, 0) is 16.0 Å². The third-order valence-electron chi connectivity index (χ3n) is 3.01. The van der Waals surface area contributed by atoms with Gasteiger partial charge in [-0.05, 0) is 42.8 Å². The highest BCUT2D eigenvalue weighted by molar-refractivity contribution is 9.10. The molecule has 1 N–H and O–H groups in total. The van der Waals surface area contributed by atoms with Crippen LogP contribution in [0, 0.1) is 0 Å². The summed E-state index contributed by atoms with van der Waals surface area (Å²) in [5.41, 5.74) is 1.14. The molecule has 8 heteroatoms. The first kappa shape index (κ1) is 17.7. The van der Waals surface area contributed by atoms with Gasteiger partial charge in [0.2, 0.25) is 0 Å². The summed E-state index contributed by atoms with van der Waals surface area (Å²) in [5.74, 6) is -0.560. The van der Waals surface area contributed by atoms with Crippen molar-refractivity contribution in [3.8, 4) is 0 Å². The van der Waals surface area contributed by atoms with E-state index in [1.165, 1.54) is 11.3 Å². The van der Waals surface area contributed by atoms with E-state index in [0.717, 1.165) is 4.47 Å². The minimum atomic E-state index is -0.326. The summed E-state index contributed by atoms with van der Waals surface area (Å²) in [7, 11) is 0. The first-order valence-corrected chi connectivity index (χ1v) is 8.86. The molecule has 0 fully saturated rings. The normalized spacial score (nSPS) is 10.8. The molecular weight excluding hydrogens is 382 g/mol. The van der Waals surface area contributed by atoms with Crippen molar-refractivity contribution in [3.63, 3.8) is 0 Å². The molecule has 0 aromatic carbocycles. The monoisotopic (exact) mass is 399 g/mol. The number of nitrogens with zero attached hydrogens (tertiary/aromatic N) is 2. The predicted octanol–water partition coefficient (Wildman–Crippen LogP) is 3.65. The summed E-state index contributed by atoms with van der Waals surface area (Å²) in [6.07, 6.45) is 1.97. The quantitative estimate of drug-likeness (QED) is 0.752. The molecule has 0 aliphatic carbocycles. The predicted molar refractivity (Wildman–Crippen MR) is 92.9 cm³/mol. The molecule has 0 unspecified atom stereocenters. The SMILES string of the molecule is CCOC(=O)Cc1csc(NC(=O)c2cc(Br)cn2C(C)C)n1. The summed E-state index contributed by atoms with van der Waals surface area (Å²) in [6, 6.07) is 1.93. The van der Waals surface area contributed by atoms with E-state index in [-0.39, 0.29) is 24.3 Å². The Balaban J connectivity index is 2.06. The molecule has 0 saturated heterocycles. The number of rotatable bonds is 6. The molecule has 0 radical (unpaired) electrons. The molecule has 0 aliphatic heterocycles. The summed E-state index contributed by atoms with van der Waals surface area (Å²) >= 11 is 4.67. The second kappa shape index (κ2) is 7.74. The van der Waals surface area contributed by atoms with Gasteiger partial charge in [-0.25, -0.2) is 4.98 Å². The maximum atomic E-state index is 12.4. The van der Waals surface area contributed by atoms with Gasteiger partial charge in [-0.15, -0.1) is 11.3 Å². The number of hydrogen-bond acceptors (Lipinski definition) is 5. The molecule has 0 spiro atoms. The van der Waals surface area contributed by atoms with E-state index in [4.69, 9.17) is 4.74 Å². The number of carbonyl (C=O) groups is 2. The number of ether oxygens (including phenoxy) is 1. The number of halogens is 1. The van der Waals surface area contributed by atoms with Gasteiger partial charge in [-0.2, -0.15) is 0 Å². The van der Waals surface area contributed by atoms with Crippen molar-refractivity contribution in [2.75, 3.05) is 11.9 Å². The maximum absolute atomic E-state index is 12.4. The average Bonchev–Trinajstić information content (AvgIpc) is 3.05. The molecular formula is C15H18BrN3O3S. The van der Waals surface area contributed by atoms with E-state index >= 15 is 0 Å². The number of thiazole rings is 1. The molecule has 2 aromatic rings. The van der Waals surface area contributed by atoms with Gasteiger partial charge in [0.15, 0.2) is 5.13 Å². The summed E-state index contributed by atoms with van der Waals surface area (Å²) in [6.45, 7) is 6.11. The smallest absolute Gasteiger partial charge is 0.311 e. The Hall–Kier alpha value is -1.67. The number of carbonyl (C=O) groups excluding carboxylic acids is 2. The van der Waals surface area contributed by atoms with E-state index in [9.17, 15) is 9.59 Å². The molecule has 0 aliphatic rings. The van der Waals surface area contributed by atoms with Crippen LogP contribution in [-0.4, -0.2) is 28.0 Å². The molecule has 0 bridgehead atoms. The molecule has 23 heavy (non-hydrogen) atoms. The molecule has 1 amide bonds. The van der Waals surface area contributed by atoms with Crippen molar-refractivity contribution >= 4 is 44.3 Å². The Morgan fingerprint density at radius 2 is 2.22 bits per heavy atom. The van der Waals surface area contributed by atoms with Crippen molar-refractivity contribution < 1.29 is 14.3 Å². The second-order valence-corrected chi connectivity index (χ2v) is 6.90. The highest BCUT2D eigenvalue weighted by atomic mass is 79.9. The molecule has 2 heterocycles. The minimum absolute atomic E-state index is 0.105. The number of hydrogen-bond donors (Lipinski definition) is 1. The third kappa shape index (κ3) is 4.65. The molecule has 124 valence electrons. The van der Waals surface area contributed by atoms with E-state index in [1.807, 2.05) is 24.6 Å². The van der Waals surface area contributed by atoms with Gasteiger partial charge in [0.25, 0.3) is 5.91 Å². The Bertz CT molecular complexity index is 709. The Morgan fingerprint density at radius 3 is 2.87 bits per heavy atom. The van der Waals surface area contributed by atoms with Crippen LogP contribution in [0.15, 0.2) is 22.1 Å². The fraction of sp³-hybridized carbons (Fsp3) is 0.400. The van der Waals surface area contributed by atoms with Gasteiger partial charge in [-0.1, -0.05) is 0 Å². The van der Waals surface area contributed by atoms with Crippen molar-refractivity contribution in [2.24, 2.45) is 0 Å². The van der Waals surface area contributed by atoms with Gasteiger partial charge in [0.05, 0.1) is 18.7 Å². The number of amides is 1. The number of anilines is 1. The van der Waals surface area contributed by atoms with E-state index in [1.54, 1.807) is 18.4 Å². The van der Waals surface area contributed by atoms with Gasteiger partial charge in [0, 0.05) is 22.1 Å². The molecule has 0 saturated carbocycles. The van der Waals surface area contributed by atoms with Crippen LogP contribution >= 0.6 is 27.3 Å². The van der Waals surface area contributed by atoms with Crippen LogP contribution in [0.1, 0.15) is 43.0 Å². The lowest BCUT2D eigenvalue weighted by atomic mass is 10.3. The molecule has 2 aromatic heterocycles. The number of esters is 1. The van der Waals surface area contributed by atoms with E-state index in [0.29, 0.717) is 23.1 Å². The number of aromatic nitrogens is 2. The zero-order valence-corrected chi connectivity index (χ0v) is 15.5. The highest BCUT2D eigenvalue weighted by Crippen LogP contribution is 2.22. The first-order valence-electron chi connectivity index (χ1n) is 7.19. The molecule has 2 rings (SSSR count). The van der Waals surface area contributed by atoms with Crippen LogP contribution < -0.4 is 5.32 Å². The van der Waals surface area contributed by atoms with Crippen LogP contribution in [0.5, 0.6) is 0 Å². The van der Waals surface area contributed by atoms with Crippen LogP contribution in [0.4, 0.5) is 5.13 Å². The van der Waals surface area contributed by atoms with Crippen LogP contribution in [0.25, 0.3) is 0 Å². The second-order valence-electron chi connectivity index (χ2n) is 5.12. The van der Waals surface area contributed by atoms with Gasteiger partial charge < -0.3 is 9.30 Å². The summed E-state index contributed by atoms with van der Waals surface area (Å²) in [4.78, 5) is 28.1. The van der Waals surface area contributed by atoms with Gasteiger partial charge >= 0.3 is 5.97 Å². The lowest BCUT2D eigenvalue weighted by Crippen LogP contribution is -2.17. The Morgan fingerprint density at radius 1 is 1.48 bits per heavy atom. The topological polar surface area (TPSA) is 73.2 Å². The Labute approximate surface area is 147 Å². The lowest BCUT2D eigenvalue weighted by molar-refractivity contribution is -0.142. The minimum Gasteiger partial charge on any atom is -0.466 e. The third-order valence-corrected chi connectivity index (χ3v) is 4.25. The fourth-order valence-corrected chi connectivity index (χ4v) is 3.16. The van der Waals surface area contributed by atoms with Crippen LogP contribution in [0.2, 0.25) is 0 Å². The van der Waals surface area contributed by atoms with Crippen molar-refractivity contribution in [2.45, 2.75) is 33.2 Å². The largest absolute Gasteiger partial charge is 0.466 e. The zero-order valence-electron chi connectivity index (χ0n) is 13.1. The van der Waals surface area contributed by atoms with Gasteiger partial charge in [0.1, 0.15) is 5.69 Å². The summed E-state index contributed by atoms with van der Waals surface area (Å²) < 4.78 is 7.61.